The minimum absolute atomic E-state index is 0.201. The van der Waals surface area contributed by atoms with Gasteiger partial charge in [-0.1, -0.05) is 12.8 Å². The van der Waals surface area contributed by atoms with Crippen molar-refractivity contribution >= 4 is 0 Å². The van der Waals surface area contributed by atoms with Gasteiger partial charge in [0.05, 0.1) is 14.2 Å². The molecule has 1 aromatic carbocycles. The Labute approximate surface area is 120 Å². The molecule has 2 aliphatic carbocycles. The summed E-state index contributed by atoms with van der Waals surface area (Å²) in [5.74, 6) is 9.86. The Morgan fingerprint density at radius 3 is 2.05 bits per heavy atom. The van der Waals surface area contributed by atoms with Gasteiger partial charge in [-0.3, -0.25) is 11.3 Å². The Bertz CT molecular complexity index is 443. The second kappa shape index (κ2) is 5.62. The number of nitrogens with one attached hydrogen (secondary N) is 1. The van der Waals surface area contributed by atoms with Gasteiger partial charge in [0.1, 0.15) is 11.5 Å². The average molecular weight is 276 g/mol. The monoisotopic (exact) mass is 276 g/mol. The Kier molecular flexibility index (Phi) is 3.85. The van der Waals surface area contributed by atoms with Gasteiger partial charge in [-0.25, -0.2) is 0 Å². The zero-order valence-electron chi connectivity index (χ0n) is 12.3. The predicted octanol–water partition coefficient (Wildman–Crippen LogP) is 2.64. The highest BCUT2D eigenvalue weighted by molar-refractivity contribution is 5.40. The molecule has 2 saturated carbocycles. The van der Waals surface area contributed by atoms with Crippen LogP contribution in [0.25, 0.3) is 0 Å². The van der Waals surface area contributed by atoms with E-state index >= 15 is 0 Å². The molecule has 0 amide bonds. The van der Waals surface area contributed by atoms with E-state index in [-0.39, 0.29) is 6.04 Å². The van der Waals surface area contributed by atoms with Gasteiger partial charge in [-0.2, -0.15) is 0 Å². The van der Waals surface area contributed by atoms with Crippen LogP contribution in [0.4, 0.5) is 0 Å². The first-order valence-electron chi connectivity index (χ1n) is 7.47. The number of fused-ring (bicyclic) bond motifs is 1. The fourth-order valence-corrected chi connectivity index (χ4v) is 3.98. The summed E-state index contributed by atoms with van der Waals surface area (Å²) >= 11 is 0. The molecule has 3 unspecified atom stereocenters. The molecule has 0 spiro atoms. The lowest BCUT2D eigenvalue weighted by atomic mass is 10.00. The third kappa shape index (κ3) is 2.38. The number of rotatable bonds is 5. The first kappa shape index (κ1) is 13.7. The minimum atomic E-state index is 0.201. The van der Waals surface area contributed by atoms with E-state index in [9.17, 15) is 0 Å². The van der Waals surface area contributed by atoms with Gasteiger partial charge in [0.25, 0.3) is 0 Å². The number of hydrazine groups is 1. The molecule has 0 bridgehead atoms. The van der Waals surface area contributed by atoms with Crippen LogP contribution in [0.3, 0.4) is 0 Å². The molecule has 0 saturated heterocycles. The molecule has 3 atom stereocenters. The molecule has 20 heavy (non-hydrogen) atoms. The molecule has 2 aliphatic rings. The zero-order valence-corrected chi connectivity index (χ0v) is 12.3. The summed E-state index contributed by atoms with van der Waals surface area (Å²) < 4.78 is 10.7. The number of nitrogens with two attached hydrogens (primary N) is 1. The number of ether oxygens (including phenoxy) is 2. The maximum Gasteiger partial charge on any atom is 0.122 e. The Morgan fingerprint density at radius 1 is 1.05 bits per heavy atom. The summed E-state index contributed by atoms with van der Waals surface area (Å²) in [5, 5.41) is 0. The van der Waals surface area contributed by atoms with Crippen LogP contribution in [-0.4, -0.2) is 14.2 Å². The number of hydrogen-bond acceptors (Lipinski definition) is 4. The molecule has 3 rings (SSSR count). The fourth-order valence-electron chi connectivity index (χ4n) is 3.98. The van der Waals surface area contributed by atoms with Gasteiger partial charge in [-0.15, -0.1) is 0 Å². The molecule has 0 radical (unpaired) electrons. The molecule has 2 fully saturated rings. The van der Waals surface area contributed by atoms with Gasteiger partial charge in [0, 0.05) is 12.1 Å². The summed E-state index contributed by atoms with van der Waals surface area (Å²) in [4.78, 5) is 0. The second-order valence-corrected chi connectivity index (χ2v) is 5.98. The Morgan fingerprint density at radius 2 is 1.60 bits per heavy atom. The minimum Gasteiger partial charge on any atom is -0.497 e. The highest BCUT2D eigenvalue weighted by Crippen LogP contribution is 2.60. The number of hydrogen-bond donors (Lipinski definition) is 2. The Balaban J connectivity index is 1.85. The first-order chi connectivity index (χ1) is 9.78. The van der Waals surface area contributed by atoms with Crippen LogP contribution in [-0.2, 0) is 0 Å². The van der Waals surface area contributed by atoms with Crippen molar-refractivity contribution in [2.24, 2.45) is 23.6 Å². The quantitative estimate of drug-likeness (QED) is 0.641. The zero-order chi connectivity index (χ0) is 14.1. The average Bonchev–Trinajstić information content (AvgIpc) is 3.22. The normalized spacial score (nSPS) is 29.4. The van der Waals surface area contributed by atoms with Crippen LogP contribution in [0, 0.1) is 17.8 Å². The molecular formula is C16H24N2O2. The summed E-state index contributed by atoms with van der Waals surface area (Å²) in [6.07, 6.45) is 5.45. The fraction of sp³-hybridized carbons (Fsp3) is 0.625. The molecule has 0 heterocycles. The van der Waals surface area contributed by atoms with E-state index in [0.29, 0.717) is 5.92 Å². The largest absolute Gasteiger partial charge is 0.497 e. The van der Waals surface area contributed by atoms with Crippen LogP contribution < -0.4 is 20.7 Å². The standard InChI is InChI=1S/C16H24N2O2/c1-19-11-7-10(8-12(9-11)20-2)16(18-17)15-13-5-3-4-6-14(13)15/h7-9,13-16,18H,3-6,17H2,1-2H3. The lowest BCUT2D eigenvalue weighted by molar-refractivity contribution is 0.388. The van der Waals surface area contributed by atoms with Gasteiger partial charge in [-0.05, 0) is 48.3 Å². The second-order valence-electron chi connectivity index (χ2n) is 5.98. The topological polar surface area (TPSA) is 56.5 Å². The summed E-state index contributed by atoms with van der Waals surface area (Å²) in [5.41, 5.74) is 4.20. The van der Waals surface area contributed by atoms with Crippen molar-refractivity contribution in [2.75, 3.05) is 14.2 Å². The molecule has 4 nitrogen and oxygen atoms in total. The molecule has 3 N–H and O–H groups in total. The van der Waals surface area contributed by atoms with Crippen LogP contribution in [0.15, 0.2) is 18.2 Å². The third-order valence-electron chi connectivity index (χ3n) is 5.02. The van der Waals surface area contributed by atoms with Crippen molar-refractivity contribution in [1.82, 2.24) is 5.43 Å². The molecule has 1 aromatic rings. The van der Waals surface area contributed by atoms with E-state index in [1.807, 2.05) is 6.07 Å². The number of methoxy groups -OCH3 is 2. The van der Waals surface area contributed by atoms with Crippen molar-refractivity contribution in [3.05, 3.63) is 23.8 Å². The van der Waals surface area contributed by atoms with E-state index in [0.717, 1.165) is 23.3 Å². The van der Waals surface area contributed by atoms with Crippen molar-refractivity contribution in [2.45, 2.75) is 31.7 Å². The van der Waals surface area contributed by atoms with Crippen molar-refractivity contribution < 1.29 is 9.47 Å². The van der Waals surface area contributed by atoms with Crippen LogP contribution >= 0.6 is 0 Å². The maximum absolute atomic E-state index is 5.85. The molecule has 4 heteroatoms. The van der Waals surface area contributed by atoms with Gasteiger partial charge in [0.15, 0.2) is 0 Å². The van der Waals surface area contributed by atoms with Crippen LogP contribution in [0.1, 0.15) is 37.3 Å². The lowest BCUT2D eigenvalue weighted by Crippen LogP contribution is -2.30. The van der Waals surface area contributed by atoms with E-state index in [4.69, 9.17) is 15.3 Å². The highest BCUT2D eigenvalue weighted by Gasteiger charge is 2.54. The van der Waals surface area contributed by atoms with Crippen LogP contribution in [0.2, 0.25) is 0 Å². The number of benzene rings is 1. The van der Waals surface area contributed by atoms with Crippen molar-refractivity contribution in [3.63, 3.8) is 0 Å². The molecule has 0 aromatic heterocycles. The summed E-state index contributed by atoms with van der Waals surface area (Å²) in [7, 11) is 3.36. The highest BCUT2D eigenvalue weighted by atomic mass is 16.5. The van der Waals surface area contributed by atoms with Gasteiger partial charge >= 0.3 is 0 Å². The van der Waals surface area contributed by atoms with Crippen molar-refractivity contribution in [1.29, 1.82) is 0 Å². The van der Waals surface area contributed by atoms with E-state index in [1.54, 1.807) is 14.2 Å². The Hall–Kier alpha value is -1.26. The van der Waals surface area contributed by atoms with Gasteiger partial charge in [0.2, 0.25) is 0 Å². The summed E-state index contributed by atoms with van der Waals surface area (Å²) in [6, 6.07) is 6.23. The van der Waals surface area contributed by atoms with Gasteiger partial charge < -0.3 is 9.47 Å². The van der Waals surface area contributed by atoms with E-state index in [2.05, 4.69) is 17.6 Å². The predicted molar refractivity (Wildman–Crippen MR) is 78.5 cm³/mol. The molecule has 110 valence electrons. The molecular weight excluding hydrogens is 252 g/mol. The smallest absolute Gasteiger partial charge is 0.122 e. The first-order valence-corrected chi connectivity index (χ1v) is 7.47. The SMILES string of the molecule is COc1cc(OC)cc(C(NN)C2C3CCCCC32)c1. The molecule has 0 aliphatic heterocycles. The third-order valence-corrected chi connectivity index (χ3v) is 5.02. The van der Waals surface area contributed by atoms with E-state index in [1.165, 1.54) is 31.2 Å². The van der Waals surface area contributed by atoms with E-state index < -0.39 is 0 Å². The van der Waals surface area contributed by atoms with Crippen LogP contribution in [0.5, 0.6) is 11.5 Å². The maximum atomic E-state index is 5.85. The lowest BCUT2D eigenvalue weighted by Gasteiger charge is -2.18. The van der Waals surface area contributed by atoms with Crippen molar-refractivity contribution in [3.8, 4) is 11.5 Å². The summed E-state index contributed by atoms with van der Waals surface area (Å²) in [6.45, 7) is 0.